The average molecular weight is 348 g/mol. The number of rotatable bonds is 5. The summed E-state index contributed by atoms with van der Waals surface area (Å²) in [6.07, 6.45) is 1.59. The van der Waals surface area contributed by atoms with Crippen molar-refractivity contribution in [2.24, 2.45) is 0 Å². The molecule has 1 heterocycles. The fourth-order valence-electron chi connectivity index (χ4n) is 2.36. The van der Waals surface area contributed by atoms with E-state index in [2.05, 4.69) is 21.7 Å². The number of aromatic nitrogens is 1. The van der Waals surface area contributed by atoms with Gasteiger partial charge in [-0.25, -0.2) is 4.98 Å². The molecular formula is C19H16N4O3. The second kappa shape index (κ2) is 7.40. The van der Waals surface area contributed by atoms with Crippen LogP contribution in [0.2, 0.25) is 0 Å². The summed E-state index contributed by atoms with van der Waals surface area (Å²) in [5.74, 6) is 0.872. The Kier molecular flexibility index (Phi) is 4.85. The van der Waals surface area contributed by atoms with E-state index in [4.69, 9.17) is 14.4 Å². The smallest absolute Gasteiger partial charge is 0.299 e. The second-order valence-corrected chi connectivity index (χ2v) is 5.37. The second-order valence-electron chi connectivity index (χ2n) is 5.37. The summed E-state index contributed by atoms with van der Waals surface area (Å²) < 4.78 is 10.9. The highest BCUT2D eigenvalue weighted by Crippen LogP contribution is 2.27. The fourth-order valence-corrected chi connectivity index (χ4v) is 2.36. The van der Waals surface area contributed by atoms with Gasteiger partial charge in [-0.05, 0) is 36.4 Å². The van der Waals surface area contributed by atoms with Gasteiger partial charge in [0.05, 0.1) is 24.9 Å². The number of nitriles is 1. The Balaban J connectivity index is 1.84. The zero-order valence-electron chi connectivity index (χ0n) is 14.2. The molecule has 0 aliphatic carbocycles. The van der Waals surface area contributed by atoms with E-state index < -0.39 is 0 Å². The summed E-state index contributed by atoms with van der Waals surface area (Å²) in [6, 6.07) is 14.4. The van der Waals surface area contributed by atoms with Gasteiger partial charge in [-0.1, -0.05) is 0 Å². The van der Waals surface area contributed by atoms with Crippen molar-refractivity contribution in [1.29, 1.82) is 5.26 Å². The standard InChI is InChI=1S/C19H16N4O3/c1-21-18(24)14-7-15(9-16(8-14)25-2)23-19-22-11-17(26-19)13-5-3-12(10-20)4-6-13/h3-9,11H,1-2H3,(H,21,24)(H,22,23). The summed E-state index contributed by atoms with van der Waals surface area (Å²) in [4.78, 5) is 16.1. The Labute approximate surface area is 150 Å². The van der Waals surface area contributed by atoms with Crippen LogP contribution in [0.4, 0.5) is 11.7 Å². The Morgan fingerprint density at radius 3 is 2.65 bits per heavy atom. The first kappa shape index (κ1) is 17.0. The molecule has 0 aliphatic rings. The van der Waals surface area contributed by atoms with Gasteiger partial charge in [0.1, 0.15) is 5.75 Å². The van der Waals surface area contributed by atoms with E-state index in [-0.39, 0.29) is 11.9 Å². The molecule has 2 N–H and O–H groups in total. The number of oxazole rings is 1. The summed E-state index contributed by atoms with van der Waals surface area (Å²) in [5, 5.41) is 14.4. The van der Waals surface area contributed by atoms with E-state index in [1.54, 1.807) is 55.7 Å². The molecule has 0 saturated carbocycles. The Morgan fingerprint density at radius 1 is 1.23 bits per heavy atom. The number of nitrogens with one attached hydrogen (secondary N) is 2. The molecule has 7 heteroatoms. The lowest BCUT2D eigenvalue weighted by atomic mass is 10.1. The van der Waals surface area contributed by atoms with Gasteiger partial charge in [-0.2, -0.15) is 5.26 Å². The summed E-state index contributed by atoms with van der Waals surface area (Å²) in [6.45, 7) is 0. The van der Waals surface area contributed by atoms with Gasteiger partial charge in [0.2, 0.25) is 0 Å². The van der Waals surface area contributed by atoms with Crippen LogP contribution in [-0.2, 0) is 0 Å². The third kappa shape index (κ3) is 3.65. The predicted octanol–water partition coefficient (Wildman–Crippen LogP) is 3.33. The van der Waals surface area contributed by atoms with Gasteiger partial charge in [-0.15, -0.1) is 0 Å². The molecule has 1 aromatic heterocycles. The monoisotopic (exact) mass is 348 g/mol. The van der Waals surface area contributed by atoms with Crippen molar-refractivity contribution in [3.63, 3.8) is 0 Å². The molecule has 26 heavy (non-hydrogen) atoms. The molecule has 0 atom stereocenters. The molecule has 0 unspecified atom stereocenters. The molecule has 0 fully saturated rings. The van der Waals surface area contributed by atoms with Crippen LogP contribution >= 0.6 is 0 Å². The third-order valence-electron chi connectivity index (χ3n) is 3.69. The minimum absolute atomic E-state index is 0.224. The number of carbonyl (C=O) groups is 1. The number of hydrogen-bond acceptors (Lipinski definition) is 6. The highest BCUT2D eigenvalue weighted by atomic mass is 16.5. The summed E-state index contributed by atoms with van der Waals surface area (Å²) >= 11 is 0. The van der Waals surface area contributed by atoms with E-state index in [0.717, 1.165) is 5.56 Å². The van der Waals surface area contributed by atoms with Gasteiger partial charge in [0.15, 0.2) is 5.76 Å². The molecular weight excluding hydrogens is 332 g/mol. The van der Waals surface area contributed by atoms with Crippen molar-refractivity contribution >= 4 is 17.6 Å². The first-order chi connectivity index (χ1) is 12.6. The number of benzene rings is 2. The molecule has 7 nitrogen and oxygen atoms in total. The van der Waals surface area contributed by atoms with Crippen molar-refractivity contribution in [2.45, 2.75) is 0 Å². The number of amides is 1. The Hall–Kier alpha value is -3.79. The lowest BCUT2D eigenvalue weighted by molar-refractivity contribution is 0.0963. The molecule has 130 valence electrons. The van der Waals surface area contributed by atoms with Crippen LogP contribution in [0.1, 0.15) is 15.9 Å². The van der Waals surface area contributed by atoms with Crippen LogP contribution < -0.4 is 15.4 Å². The molecule has 1 amide bonds. The summed E-state index contributed by atoms with van der Waals surface area (Å²) in [5.41, 5.74) is 2.44. The molecule has 0 aliphatic heterocycles. The van der Waals surface area contributed by atoms with Crippen LogP contribution in [0.15, 0.2) is 53.1 Å². The van der Waals surface area contributed by atoms with Crippen molar-refractivity contribution in [1.82, 2.24) is 10.3 Å². The molecule has 0 spiro atoms. The van der Waals surface area contributed by atoms with Crippen LogP contribution in [0.25, 0.3) is 11.3 Å². The Morgan fingerprint density at radius 2 is 2.00 bits per heavy atom. The Bertz CT molecular complexity index is 971. The zero-order chi connectivity index (χ0) is 18.5. The number of carbonyl (C=O) groups excluding carboxylic acids is 1. The van der Waals surface area contributed by atoms with Crippen molar-refractivity contribution < 1.29 is 13.9 Å². The van der Waals surface area contributed by atoms with E-state index in [1.807, 2.05) is 0 Å². The van der Waals surface area contributed by atoms with Crippen molar-refractivity contribution in [3.05, 3.63) is 59.8 Å². The van der Waals surface area contributed by atoms with Gasteiger partial charge < -0.3 is 19.8 Å². The lowest BCUT2D eigenvalue weighted by Gasteiger charge is -2.08. The molecule has 0 bridgehead atoms. The zero-order valence-corrected chi connectivity index (χ0v) is 14.2. The van der Waals surface area contributed by atoms with Crippen LogP contribution in [0.3, 0.4) is 0 Å². The number of hydrogen-bond donors (Lipinski definition) is 2. The number of methoxy groups -OCH3 is 1. The number of ether oxygens (including phenoxy) is 1. The topological polar surface area (TPSA) is 100 Å². The largest absolute Gasteiger partial charge is 0.497 e. The molecule has 3 aromatic rings. The van der Waals surface area contributed by atoms with Crippen molar-refractivity contribution in [3.8, 4) is 23.1 Å². The average Bonchev–Trinajstić information content (AvgIpc) is 3.15. The number of nitrogens with zero attached hydrogens (tertiary/aromatic N) is 2. The molecule has 3 rings (SSSR count). The highest BCUT2D eigenvalue weighted by Gasteiger charge is 2.11. The quantitative estimate of drug-likeness (QED) is 0.733. The molecule has 0 saturated heterocycles. The normalized spacial score (nSPS) is 10.0. The molecule has 2 aromatic carbocycles. The van der Waals surface area contributed by atoms with Crippen LogP contribution in [0, 0.1) is 11.3 Å². The van der Waals surface area contributed by atoms with Gasteiger partial charge in [-0.3, -0.25) is 4.79 Å². The first-order valence-corrected chi connectivity index (χ1v) is 7.77. The van der Waals surface area contributed by atoms with E-state index in [0.29, 0.717) is 28.3 Å². The maximum Gasteiger partial charge on any atom is 0.299 e. The minimum Gasteiger partial charge on any atom is -0.497 e. The lowest BCUT2D eigenvalue weighted by Crippen LogP contribution is -2.17. The van der Waals surface area contributed by atoms with Crippen LogP contribution in [0.5, 0.6) is 5.75 Å². The first-order valence-electron chi connectivity index (χ1n) is 7.77. The maximum absolute atomic E-state index is 11.9. The van der Waals surface area contributed by atoms with Gasteiger partial charge in [0.25, 0.3) is 11.9 Å². The number of anilines is 2. The van der Waals surface area contributed by atoms with Gasteiger partial charge in [0, 0.05) is 29.9 Å². The third-order valence-corrected chi connectivity index (χ3v) is 3.69. The predicted molar refractivity (Wildman–Crippen MR) is 96.3 cm³/mol. The van der Waals surface area contributed by atoms with E-state index >= 15 is 0 Å². The highest BCUT2D eigenvalue weighted by molar-refractivity contribution is 5.95. The minimum atomic E-state index is -0.224. The van der Waals surface area contributed by atoms with E-state index in [9.17, 15) is 4.79 Å². The summed E-state index contributed by atoms with van der Waals surface area (Å²) in [7, 11) is 3.09. The van der Waals surface area contributed by atoms with Crippen LogP contribution in [-0.4, -0.2) is 25.0 Å². The van der Waals surface area contributed by atoms with Crippen molar-refractivity contribution in [2.75, 3.05) is 19.5 Å². The maximum atomic E-state index is 11.9. The SMILES string of the molecule is CNC(=O)c1cc(Nc2ncc(-c3ccc(C#N)cc3)o2)cc(OC)c1. The fraction of sp³-hybridized carbons (Fsp3) is 0.105. The van der Waals surface area contributed by atoms with E-state index in [1.165, 1.54) is 7.11 Å². The molecule has 0 radical (unpaired) electrons. The van der Waals surface area contributed by atoms with Gasteiger partial charge >= 0.3 is 0 Å².